The van der Waals surface area contributed by atoms with Crippen LogP contribution in [0.4, 0.5) is 0 Å². The molecule has 0 amide bonds. The second-order valence-electron chi connectivity index (χ2n) is 12.8. The Kier molecular flexibility index (Phi) is 15.9. The molecule has 3 aromatic rings. The van der Waals surface area contributed by atoms with Gasteiger partial charge in [-0.05, 0) is 43.2 Å². The zero-order chi connectivity index (χ0) is 29.0. The molecule has 2 heteroatoms. The predicted molar refractivity (Wildman–Crippen MR) is 177 cm³/mol. The zero-order valence-corrected chi connectivity index (χ0v) is 26.9. The number of aromatic nitrogens is 2. The van der Waals surface area contributed by atoms with E-state index >= 15 is 0 Å². The Balaban J connectivity index is 1.68. The van der Waals surface area contributed by atoms with E-state index in [4.69, 9.17) is 0 Å². The van der Waals surface area contributed by atoms with Crippen LogP contribution in [-0.2, 0) is 18.4 Å². The minimum absolute atomic E-state index is 0.0130. The van der Waals surface area contributed by atoms with Crippen molar-refractivity contribution in [3.05, 3.63) is 90.5 Å². The number of benzene rings is 2. The van der Waals surface area contributed by atoms with Gasteiger partial charge in [0.15, 0.2) is 0 Å². The summed E-state index contributed by atoms with van der Waals surface area (Å²) in [6.07, 6.45) is 31.3. The third-order valence-electron chi connectivity index (χ3n) is 9.26. The number of hydrogen-bond acceptors (Lipinski definition) is 0. The highest BCUT2D eigenvalue weighted by Crippen LogP contribution is 2.41. The van der Waals surface area contributed by atoms with Gasteiger partial charge in [-0.25, -0.2) is 9.13 Å². The van der Waals surface area contributed by atoms with Crippen LogP contribution in [0.3, 0.4) is 0 Å². The summed E-state index contributed by atoms with van der Waals surface area (Å²) in [4.78, 5) is 0. The van der Waals surface area contributed by atoms with E-state index in [1.807, 2.05) is 0 Å². The molecule has 0 N–H and O–H groups in total. The lowest BCUT2D eigenvalue weighted by Crippen LogP contribution is -2.38. The first-order chi connectivity index (χ1) is 20.2. The van der Waals surface area contributed by atoms with Gasteiger partial charge in [0.05, 0.1) is 6.54 Å². The first kappa shape index (κ1) is 33.2. The Morgan fingerprint density at radius 3 is 1.73 bits per heavy atom. The van der Waals surface area contributed by atoms with E-state index < -0.39 is 0 Å². The summed E-state index contributed by atoms with van der Waals surface area (Å²) < 4.78 is 5.01. The van der Waals surface area contributed by atoms with Crippen molar-refractivity contribution in [3.8, 4) is 0 Å². The van der Waals surface area contributed by atoms with Gasteiger partial charge in [-0.3, -0.25) is 0 Å². The van der Waals surface area contributed by atoms with Gasteiger partial charge in [0.2, 0.25) is 6.33 Å². The summed E-state index contributed by atoms with van der Waals surface area (Å²) in [6.45, 7) is 8.25. The molecule has 0 radical (unpaired) electrons. The van der Waals surface area contributed by atoms with Crippen molar-refractivity contribution in [1.82, 2.24) is 4.57 Å². The summed E-state index contributed by atoms with van der Waals surface area (Å²) in [5.41, 5.74) is 2.90. The molecule has 41 heavy (non-hydrogen) atoms. The normalized spacial score (nSPS) is 13.7. The molecule has 3 rings (SSSR count). The molecule has 1 aromatic heterocycles. The van der Waals surface area contributed by atoms with Gasteiger partial charge in [0, 0.05) is 5.41 Å². The minimum Gasteiger partial charge on any atom is -0.237 e. The minimum atomic E-state index is 0.0130. The van der Waals surface area contributed by atoms with Crippen LogP contribution in [0, 0.1) is 0 Å². The SMILES string of the molecule is CCCCCCCCCCCCCC(n1cc[n+](CCCCCCC)c1)C(C)(Cc1ccccc1)c1ccccc1. The molecule has 0 aliphatic carbocycles. The van der Waals surface area contributed by atoms with E-state index in [0.29, 0.717) is 6.04 Å². The van der Waals surface area contributed by atoms with Crippen LogP contribution in [-0.4, -0.2) is 4.57 Å². The first-order valence-corrected chi connectivity index (χ1v) is 17.3. The molecule has 0 saturated carbocycles. The van der Waals surface area contributed by atoms with Crippen LogP contribution in [0.15, 0.2) is 79.4 Å². The topological polar surface area (TPSA) is 8.81 Å². The Labute approximate surface area is 253 Å². The van der Waals surface area contributed by atoms with Gasteiger partial charge in [-0.15, -0.1) is 0 Å². The number of aryl methyl sites for hydroxylation is 1. The molecular weight excluding hydrogens is 496 g/mol. The molecule has 2 unspecified atom stereocenters. The van der Waals surface area contributed by atoms with E-state index in [-0.39, 0.29) is 5.41 Å². The first-order valence-electron chi connectivity index (χ1n) is 17.3. The van der Waals surface area contributed by atoms with Crippen LogP contribution < -0.4 is 4.57 Å². The summed E-state index contributed by atoms with van der Waals surface area (Å²) in [7, 11) is 0. The molecule has 0 aliphatic heterocycles. The van der Waals surface area contributed by atoms with Crippen LogP contribution >= 0.6 is 0 Å². The zero-order valence-electron chi connectivity index (χ0n) is 26.9. The van der Waals surface area contributed by atoms with Crippen molar-refractivity contribution < 1.29 is 4.57 Å². The van der Waals surface area contributed by atoms with Gasteiger partial charge in [0.25, 0.3) is 0 Å². The third kappa shape index (κ3) is 11.8. The second kappa shape index (κ2) is 19.7. The maximum absolute atomic E-state index is 2.57. The number of imidazole rings is 1. The maximum Gasteiger partial charge on any atom is 0.244 e. The van der Waals surface area contributed by atoms with Crippen molar-refractivity contribution in [2.24, 2.45) is 0 Å². The van der Waals surface area contributed by atoms with Crippen LogP contribution in [0.2, 0.25) is 0 Å². The fourth-order valence-electron chi connectivity index (χ4n) is 6.68. The van der Waals surface area contributed by atoms with Crippen LogP contribution in [0.1, 0.15) is 147 Å². The lowest BCUT2D eigenvalue weighted by molar-refractivity contribution is -0.697. The lowest BCUT2D eigenvalue weighted by atomic mass is 9.70. The van der Waals surface area contributed by atoms with Crippen molar-refractivity contribution in [1.29, 1.82) is 0 Å². The fraction of sp³-hybridized carbons (Fsp3) is 0.615. The van der Waals surface area contributed by atoms with Crippen LogP contribution in [0.25, 0.3) is 0 Å². The predicted octanol–water partition coefficient (Wildman–Crippen LogP) is 11.2. The fourth-order valence-corrected chi connectivity index (χ4v) is 6.68. The Morgan fingerprint density at radius 1 is 0.634 bits per heavy atom. The monoisotopic (exact) mass is 557 g/mol. The van der Waals surface area contributed by atoms with Gasteiger partial charge in [-0.2, -0.15) is 0 Å². The molecule has 1 heterocycles. The summed E-state index contributed by atoms with van der Waals surface area (Å²) in [5.74, 6) is 0. The molecule has 226 valence electrons. The molecule has 0 fully saturated rings. The summed E-state index contributed by atoms with van der Waals surface area (Å²) >= 11 is 0. The van der Waals surface area contributed by atoms with Crippen molar-refractivity contribution in [2.75, 3.05) is 0 Å². The molecule has 2 atom stereocenters. The number of unbranched alkanes of at least 4 members (excludes halogenated alkanes) is 14. The number of rotatable bonds is 23. The van der Waals surface area contributed by atoms with Gasteiger partial charge in [-0.1, -0.05) is 165 Å². The summed E-state index contributed by atoms with van der Waals surface area (Å²) in [6, 6.07) is 22.9. The van der Waals surface area contributed by atoms with Crippen molar-refractivity contribution in [3.63, 3.8) is 0 Å². The standard InChI is InChI=1S/C39H61N2/c1-4-6-8-10-11-12-13-14-15-16-24-30-38(41-33-32-40(35-41)31-25-17-9-7-5-2)39(3,37-28-22-19-23-29-37)34-36-26-20-18-21-27-36/h18-23,26-29,32-33,35,38H,4-17,24-25,30-31,34H2,1-3H3/q+1. The lowest BCUT2D eigenvalue weighted by Gasteiger charge is -2.37. The Morgan fingerprint density at radius 2 is 1.15 bits per heavy atom. The second-order valence-corrected chi connectivity index (χ2v) is 12.8. The van der Waals surface area contributed by atoms with Gasteiger partial charge in [0.1, 0.15) is 18.4 Å². The average molecular weight is 558 g/mol. The van der Waals surface area contributed by atoms with Crippen molar-refractivity contribution in [2.45, 2.75) is 154 Å². The highest BCUT2D eigenvalue weighted by atomic mass is 15.1. The van der Waals surface area contributed by atoms with E-state index in [9.17, 15) is 0 Å². The molecule has 0 saturated heterocycles. The van der Waals surface area contributed by atoms with Crippen molar-refractivity contribution >= 4 is 0 Å². The highest BCUT2D eigenvalue weighted by molar-refractivity contribution is 5.30. The van der Waals surface area contributed by atoms with Crippen LogP contribution in [0.5, 0.6) is 0 Å². The van der Waals surface area contributed by atoms with E-state index in [2.05, 4.69) is 109 Å². The van der Waals surface area contributed by atoms with E-state index in [1.165, 1.54) is 120 Å². The van der Waals surface area contributed by atoms with E-state index in [0.717, 1.165) is 13.0 Å². The smallest absolute Gasteiger partial charge is 0.237 e. The average Bonchev–Trinajstić information content (AvgIpc) is 3.47. The number of hydrogen-bond donors (Lipinski definition) is 0. The van der Waals surface area contributed by atoms with E-state index in [1.54, 1.807) is 0 Å². The Bertz CT molecular complexity index is 1020. The highest BCUT2D eigenvalue weighted by Gasteiger charge is 2.40. The molecule has 0 spiro atoms. The quantitative estimate of drug-likeness (QED) is 0.0810. The number of nitrogens with zero attached hydrogens (tertiary/aromatic N) is 2. The molecular formula is C39H61N2+. The maximum atomic E-state index is 2.57. The van der Waals surface area contributed by atoms with Gasteiger partial charge < -0.3 is 0 Å². The molecule has 2 nitrogen and oxygen atoms in total. The third-order valence-corrected chi connectivity index (χ3v) is 9.26. The molecule has 0 bridgehead atoms. The Hall–Kier alpha value is -2.35. The molecule has 0 aliphatic rings. The summed E-state index contributed by atoms with van der Waals surface area (Å²) in [5, 5.41) is 0. The largest absolute Gasteiger partial charge is 0.244 e. The molecule has 2 aromatic carbocycles. The van der Waals surface area contributed by atoms with Gasteiger partial charge >= 0.3 is 0 Å².